The number of halogens is 2. The van der Waals surface area contributed by atoms with Crippen molar-refractivity contribution in [1.29, 1.82) is 0 Å². The van der Waals surface area contributed by atoms with E-state index in [0.717, 1.165) is 119 Å². The van der Waals surface area contributed by atoms with Gasteiger partial charge in [0.05, 0.1) is 57.5 Å². The SMILES string of the molecule is CC(=O)N[C@H]1[C@H](O[C@@H]2c3ccc(c(Cl)c3)Oc3cc4cc(c3O)Oc3ccc(cc3Cl)C[C@H]3NC(=O)C(n5cc(CN6C(=O)C(SC[C@H]7O[C@@H]8OC(C)(C)O[C@@H]8[C@H]8OC(C)(C)O[C@H]87)=C(SC[C@H]7O[C@@H]8OC(C)(C)O[C@@H]8[C@H]8OC(C)(C)O[C@H]87)C6=O)nn5)c5ccc(O)c(c5)Oc5cc(O)cc(c5)[C@H](NC3=O)C(=O)N[C@H]4C(O)N[C@H]3C(=O)N[C@H]2C(=O)N[C@@H](C(=O)O)c2cc(O)cc(O)c2-c2cc3ccc2O)O[C@H](CO)[C@@H](O)[C@@H]1O. The van der Waals surface area contributed by atoms with E-state index in [1.165, 1.54) is 42.6 Å². The van der Waals surface area contributed by atoms with Gasteiger partial charge in [-0.05, 0) is 168 Å². The zero-order valence-corrected chi connectivity index (χ0v) is 82.2. The highest BCUT2D eigenvalue weighted by Gasteiger charge is 2.64. The van der Waals surface area contributed by atoms with E-state index < -0.39 is 322 Å². The molecule has 0 saturated carbocycles. The number of carbonyl (C=O) groups is 9. The van der Waals surface area contributed by atoms with Crippen LogP contribution in [0, 0.1) is 0 Å². The fourth-order valence-corrected chi connectivity index (χ4v) is 23.0. The Balaban J connectivity index is 0.667. The molecule has 46 nitrogen and oxygen atoms in total. The number of carboxylic acids is 1. The Morgan fingerprint density at radius 1 is 0.524 bits per heavy atom. The van der Waals surface area contributed by atoms with Crippen LogP contribution in [0.25, 0.3) is 11.1 Å². The number of nitrogens with one attached hydrogen (secondary N) is 7. The number of hydrogen-bond donors (Lipinski definition) is 18. The van der Waals surface area contributed by atoms with Crippen LogP contribution in [0.2, 0.25) is 10.0 Å². The maximum Gasteiger partial charge on any atom is 0.330 e. The Labute approximate surface area is 852 Å². The summed E-state index contributed by atoms with van der Waals surface area (Å²) >= 11 is 16.5. The van der Waals surface area contributed by atoms with Crippen molar-refractivity contribution in [3.8, 4) is 80.1 Å². The van der Waals surface area contributed by atoms with Crippen molar-refractivity contribution in [2.24, 2.45) is 0 Å². The maximum atomic E-state index is 16.5. The lowest BCUT2D eigenvalue weighted by molar-refractivity contribution is -0.284. The number of ether oxygens (including phenoxy) is 15. The smallest absolute Gasteiger partial charge is 0.330 e. The molecule has 18 N–H and O–H groups in total. The van der Waals surface area contributed by atoms with Crippen LogP contribution in [0.1, 0.15) is 143 Å². The first-order chi connectivity index (χ1) is 69.7. The lowest BCUT2D eigenvalue weighted by Crippen LogP contribution is -2.65. The second kappa shape index (κ2) is 39.0. The molecule has 7 saturated heterocycles. The molecule has 147 heavy (non-hydrogen) atoms. The van der Waals surface area contributed by atoms with E-state index in [9.17, 15) is 65.8 Å². The number of nitrogens with zero attached hydrogens (tertiary/aromatic N) is 4. The van der Waals surface area contributed by atoms with Crippen LogP contribution in [-0.2, 0) is 113 Å². The molecule has 1 aromatic heterocycles. The highest BCUT2D eigenvalue weighted by molar-refractivity contribution is 8.08. The first-order valence-electron chi connectivity index (χ1n) is 46.5. The quantitative estimate of drug-likeness (QED) is 0.0617. The molecule has 0 aliphatic carbocycles. The molecular formula is C97H99Cl2N11O35S2. The summed E-state index contributed by atoms with van der Waals surface area (Å²) in [7, 11) is 0. The van der Waals surface area contributed by atoms with Crippen LogP contribution in [0.5, 0.6) is 69.0 Å². The number of aromatic hydroxyl groups is 6. The van der Waals surface area contributed by atoms with Crippen LogP contribution in [0.3, 0.4) is 0 Å². The normalized spacial score (nSPS) is 31.3. The van der Waals surface area contributed by atoms with E-state index in [2.05, 4.69) is 47.5 Å². The fourth-order valence-electron chi connectivity index (χ4n) is 20.1. The van der Waals surface area contributed by atoms with Gasteiger partial charge in [-0.1, -0.05) is 52.7 Å². The molecule has 8 amide bonds. The molecule has 0 radical (unpaired) electrons. The predicted octanol–water partition coefficient (Wildman–Crippen LogP) is 5.27. The summed E-state index contributed by atoms with van der Waals surface area (Å²) in [4.78, 5) is 140. The number of phenols is 6. The molecule has 8 aromatic rings. The van der Waals surface area contributed by atoms with Crippen LogP contribution in [0.15, 0.2) is 131 Å². The Kier molecular flexibility index (Phi) is 27.0. The molecule has 778 valence electrons. The van der Waals surface area contributed by atoms with Gasteiger partial charge in [0.25, 0.3) is 11.8 Å². The van der Waals surface area contributed by atoms with Crippen molar-refractivity contribution < 1.29 is 170 Å². The summed E-state index contributed by atoms with van der Waals surface area (Å²) in [5.41, 5.74) is -3.02. The molecule has 7 fully saturated rings. The first-order valence-corrected chi connectivity index (χ1v) is 49.2. The number of carbonyl (C=O) groups excluding carboxylic acids is 8. The summed E-state index contributed by atoms with van der Waals surface area (Å²) in [6.45, 7) is 13.3. The number of imide groups is 1. The predicted molar refractivity (Wildman–Crippen MR) is 504 cm³/mol. The fraction of sp³-hybridized carbons (Fsp3) is 0.433. The molecule has 2 unspecified atom stereocenters. The molecule has 50 heteroatoms. The van der Waals surface area contributed by atoms with Crippen LogP contribution in [-0.4, -0.2) is 281 Å². The topological polar surface area (TPSA) is 633 Å². The number of aliphatic hydroxyl groups excluding tert-OH is 4. The molecular weight excluding hydrogens is 2010 g/mol. The Bertz CT molecular complexity index is 6640. The Morgan fingerprint density at radius 3 is 1.71 bits per heavy atom. The molecule has 0 spiro atoms. The number of aliphatic carboxylic acids is 1. The van der Waals surface area contributed by atoms with Crippen molar-refractivity contribution in [3.05, 3.63) is 186 Å². The molecule has 14 aliphatic heterocycles. The van der Waals surface area contributed by atoms with E-state index in [1.54, 1.807) is 55.4 Å². The highest BCUT2D eigenvalue weighted by Crippen LogP contribution is 2.54. The summed E-state index contributed by atoms with van der Waals surface area (Å²) in [6, 6.07) is 4.31. The summed E-state index contributed by atoms with van der Waals surface area (Å²) < 4.78 is 96.9. The number of hydrogen-bond acceptors (Lipinski definition) is 39. The standard InChI is InChI=1S/C97H99Cl2N11O35S2/c1-35(112)100-67-72(120)71(119)59(32-111)134-91(67)137-73-39-13-17-55(49(99)23-39)133-58-26-41-25-57(70(58)118)132-54-16-10-36(18-48(54)98)19-50-82(121)102-64(84(123)104-65(41)85(124)103-63-37-11-14-51(115)46(22-37)62-47(28-44(114)29-53(62)117)66(90(129)130)105-86(125)68(73)106-83(63)122)40-20-43(113)27-45(21-40)131-56-24-38(12-15-52(56)116)69(87(126)101-50)110-31-42(107-108-110)30-109-88(127)80(146-33-60-74-76(140-94(2,3)138-74)78-92(135-60)144-96(6,7)142-78)81(89(109)128)147-34-61-75-77(141-95(4,5)139-75)79-93(136-61)145-97(8,9)143-79/h10-18,20-29,31,50,59-61,63-69,71-79,85,91-93,103,111,113-120,124H,19,30,32-34H2,1-9H3,(H,100,112)(H,101,126)(H,102,121)(H,104,123)(H,105,125)(H,106,122)(H,129,130)/t50-,59-,60-,61-,63-,64+,65-,66-,67-,68-,69?,71-,72-,73-,74+,75+,76+,77+,78-,79-,85?,91+,92-,93-/m1/s1. The van der Waals surface area contributed by atoms with E-state index in [4.69, 9.17) is 94.3 Å². The van der Waals surface area contributed by atoms with Crippen LogP contribution < -0.4 is 51.4 Å². The number of aliphatic hydroxyl groups is 4. The summed E-state index contributed by atoms with van der Waals surface area (Å²) in [5.74, 6) is -22.5. The number of carboxylic acid groups (broad SMARTS) is 1. The third-order valence-electron chi connectivity index (χ3n) is 26.5. The number of amides is 8. The van der Waals surface area contributed by atoms with E-state index in [-0.39, 0.29) is 76.9 Å². The average Bonchev–Trinajstić information content (AvgIpc) is 1.71. The minimum Gasteiger partial charge on any atom is -0.508 e. The third kappa shape index (κ3) is 20.0. The van der Waals surface area contributed by atoms with Crippen molar-refractivity contribution >= 4 is 100.0 Å². The molecule has 14 aliphatic rings. The molecule has 15 heterocycles. The lowest BCUT2D eigenvalue weighted by atomic mass is 9.89. The number of phenolic OH excluding ortho intramolecular Hbond substituents is 6. The second-order valence-corrected chi connectivity index (χ2v) is 41.7. The maximum absolute atomic E-state index is 16.5. The van der Waals surface area contributed by atoms with Gasteiger partial charge >= 0.3 is 5.97 Å². The summed E-state index contributed by atoms with van der Waals surface area (Å²) in [6.07, 6.45) is -19.6. The molecule has 22 rings (SSSR count). The van der Waals surface area contributed by atoms with Gasteiger partial charge in [0.15, 0.2) is 77.1 Å². The zero-order chi connectivity index (χ0) is 104. The number of aromatic nitrogens is 3. The third-order valence-corrected chi connectivity index (χ3v) is 29.6. The van der Waals surface area contributed by atoms with E-state index in [1.807, 2.05) is 0 Å². The Hall–Kier alpha value is -12.3. The highest BCUT2D eigenvalue weighted by atomic mass is 35.5. The average molecular weight is 2110 g/mol. The van der Waals surface area contributed by atoms with Crippen molar-refractivity contribution in [3.63, 3.8) is 0 Å². The van der Waals surface area contributed by atoms with Gasteiger partial charge in [-0.2, -0.15) is 0 Å². The van der Waals surface area contributed by atoms with Crippen LogP contribution >= 0.6 is 46.7 Å². The largest absolute Gasteiger partial charge is 0.508 e. The van der Waals surface area contributed by atoms with Crippen molar-refractivity contribution in [1.82, 2.24) is 57.1 Å². The number of rotatable bonds is 14. The van der Waals surface area contributed by atoms with Gasteiger partial charge < -0.3 is 159 Å². The molecule has 7 aromatic carbocycles. The minimum atomic E-state index is -2.54. The van der Waals surface area contributed by atoms with E-state index >= 15 is 33.6 Å². The molecule has 24 atom stereocenters. The van der Waals surface area contributed by atoms with E-state index in [0.29, 0.717) is 0 Å². The number of thioether (sulfide) groups is 2. The van der Waals surface area contributed by atoms with Gasteiger partial charge in [-0.3, -0.25) is 48.6 Å². The Morgan fingerprint density at radius 2 is 1.10 bits per heavy atom. The van der Waals surface area contributed by atoms with Gasteiger partial charge in [-0.25, -0.2) is 9.48 Å². The van der Waals surface area contributed by atoms with Crippen molar-refractivity contribution in [2.45, 2.75) is 245 Å². The minimum absolute atomic E-state index is 0.00534. The van der Waals surface area contributed by atoms with Gasteiger partial charge in [0.2, 0.25) is 41.2 Å². The second-order valence-electron chi connectivity index (χ2n) is 38.8. The monoisotopic (exact) mass is 2110 g/mol. The number of fused-ring (bicyclic) bond motifs is 20. The zero-order valence-electron chi connectivity index (χ0n) is 79.0. The van der Waals surface area contributed by atoms with Crippen LogP contribution in [0.4, 0.5) is 0 Å². The summed E-state index contributed by atoms with van der Waals surface area (Å²) in [5, 5.41) is 156. The lowest BCUT2D eigenvalue weighted by Gasteiger charge is -2.44. The molecule has 17 bridgehead atoms. The van der Waals surface area contributed by atoms with Gasteiger partial charge in [0, 0.05) is 53.7 Å². The van der Waals surface area contributed by atoms with Gasteiger partial charge in [0.1, 0.15) is 143 Å². The number of benzene rings is 7. The van der Waals surface area contributed by atoms with Gasteiger partial charge in [-0.15, -0.1) is 28.6 Å². The first kappa shape index (κ1) is 102. The van der Waals surface area contributed by atoms with Crippen molar-refractivity contribution in [2.75, 3.05) is 18.1 Å².